The maximum atomic E-state index is 12.6. The molecule has 17 heteroatoms. The van der Waals surface area contributed by atoms with Crippen molar-refractivity contribution in [2.45, 2.75) is 170 Å². The Balaban J connectivity index is 1.32. The first-order valence-corrected chi connectivity index (χ1v) is 20.1. The Kier molecular flexibility index (Phi) is 13.4. The molecule has 322 valence electrons. The Morgan fingerprint density at radius 2 is 1.21 bits per heavy atom. The van der Waals surface area contributed by atoms with Crippen molar-refractivity contribution in [2.75, 3.05) is 19.8 Å². The van der Waals surface area contributed by atoms with Crippen LogP contribution >= 0.6 is 0 Å². The molecule has 0 aromatic heterocycles. The molecule has 0 spiro atoms. The summed E-state index contributed by atoms with van der Waals surface area (Å²) in [5.74, 6) is -0.244. The fourth-order valence-corrected chi connectivity index (χ4v) is 11.4. The molecule has 3 heterocycles. The van der Waals surface area contributed by atoms with Crippen molar-refractivity contribution in [1.82, 2.24) is 0 Å². The first-order valence-electron chi connectivity index (χ1n) is 20.1. The van der Waals surface area contributed by atoms with Gasteiger partial charge < -0.3 is 79.9 Å². The van der Waals surface area contributed by atoms with Crippen molar-refractivity contribution in [2.24, 2.45) is 34.0 Å². The second-order valence-corrected chi connectivity index (χ2v) is 18.2. The summed E-state index contributed by atoms with van der Waals surface area (Å²) in [6, 6.07) is 0. The minimum atomic E-state index is -1.88. The number of carboxylic acids is 1. The van der Waals surface area contributed by atoms with Crippen LogP contribution in [-0.4, -0.2) is 174 Å². The van der Waals surface area contributed by atoms with E-state index in [9.17, 15) is 61.0 Å². The van der Waals surface area contributed by atoms with E-state index in [-0.39, 0.29) is 29.6 Å². The number of aliphatic hydroxyl groups excluding tert-OH is 10. The van der Waals surface area contributed by atoms with Crippen molar-refractivity contribution in [3.8, 4) is 0 Å². The Morgan fingerprint density at radius 1 is 0.679 bits per heavy atom. The number of rotatable bonds is 10. The van der Waals surface area contributed by atoms with E-state index in [0.29, 0.717) is 19.3 Å². The Bertz CT molecular complexity index is 1380. The van der Waals surface area contributed by atoms with Gasteiger partial charge in [0.15, 0.2) is 12.6 Å². The van der Waals surface area contributed by atoms with E-state index in [0.717, 1.165) is 37.7 Å². The van der Waals surface area contributed by atoms with Crippen molar-refractivity contribution < 1.29 is 84.7 Å². The van der Waals surface area contributed by atoms with Crippen molar-refractivity contribution in [3.63, 3.8) is 0 Å². The molecule has 0 bridgehead atoms. The summed E-state index contributed by atoms with van der Waals surface area (Å²) in [5, 5.41) is 116. The van der Waals surface area contributed by atoms with Crippen molar-refractivity contribution in [1.29, 1.82) is 0 Å². The predicted molar refractivity (Wildman–Crippen MR) is 192 cm³/mol. The summed E-state index contributed by atoms with van der Waals surface area (Å²) in [6.07, 6.45) is -17.7. The van der Waals surface area contributed by atoms with E-state index in [1.165, 1.54) is 0 Å². The fraction of sp³-hybridized carbons (Fsp3) is 0.923. The van der Waals surface area contributed by atoms with Gasteiger partial charge in [-0.2, -0.15) is 0 Å². The smallest absolute Gasteiger partial charge is 0.309 e. The molecule has 0 aromatic rings. The van der Waals surface area contributed by atoms with E-state index in [1.807, 2.05) is 13.8 Å². The van der Waals surface area contributed by atoms with Gasteiger partial charge in [-0.3, -0.25) is 4.79 Å². The third kappa shape index (κ3) is 7.73. The van der Waals surface area contributed by atoms with Crippen LogP contribution in [0.1, 0.15) is 78.6 Å². The van der Waals surface area contributed by atoms with Gasteiger partial charge in [-0.1, -0.05) is 32.4 Å². The quantitative estimate of drug-likeness (QED) is 0.113. The predicted octanol–water partition coefficient (Wildman–Crippen LogP) is -1.46. The minimum absolute atomic E-state index is 0.0187. The van der Waals surface area contributed by atoms with E-state index in [1.54, 1.807) is 0 Å². The van der Waals surface area contributed by atoms with Crippen LogP contribution in [0.25, 0.3) is 0 Å². The number of ether oxygens (including phenoxy) is 5. The molecule has 18 unspecified atom stereocenters. The lowest BCUT2D eigenvalue weighted by molar-refractivity contribution is -0.372. The zero-order chi connectivity index (χ0) is 41.1. The Morgan fingerprint density at radius 3 is 1.75 bits per heavy atom. The van der Waals surface area contributed by atoms with Crippen LogP contribution in [0.3, 0.4) is 0 Å². The molecule has 3 saturated heterocycles. The summed E-state index contributed by atoms with van der Waals surface area (Å²) >= 11 is 0. The monoisotopic (exact) mass is 804 g/mol. The SMILES string of the molecule is C=C1CC2CCC3[C@](C)(C(=O)O)CCC[C@@]3(C)[C@@H]2CCC1(C)CC1OC(CO)C(O)C(OC2OC(CO)C(O)C(O)C2O)C1OC1OC(CO)C(O)C(O)C1O. The van der Waals surface area contributed by atoms with E-state index in [2.05, 4.69) is 13.5 Å². The normalized spacial score (nSPS) is 52.8. The molecule has 3 aliphatic carbocycles. The van der Waals surface area contributed by atoms with Crippen molar-refractivity contribution >= 4 is 5.97 Å². The first-order chi connectivity index (χ1) is 26.3. The maximum absolute atomic E-state index is 12.6. The summed E-state index contributed by atoms with van der Waals surface area (Å²) in [6.45, 7) is 8.55. The van der Waals surface area contributed by atoms with Crippen molar-refractivity contribution in [3.05, 3.63) is 12.2 Å². The van der Waals surface area contributed by atoms with Crippen LogP contribution < -0.4 is 0 Å². The van der Waals surface area contributed by atoms with Gasteiger partial charge >= 0.3 is 5.97 Å². The minimum Gasteiger partial charge on any atom is -0.481 e. The van der Waals surface area contributed by atoms with Gasteiger partial charge in [0.2, 0.25) is 0 Å². The number of aliphatic hydroxyl groups is 10. The summed E-state index contributed by atoms with van der Waals surface area (Å²) in [4.78, 5) is 12.6. The molecule has 56 heavy (non-hydrogen) atoms. The van der Waals surface area contributed by atoms with Crippen LogP contribution in [0.5, 0.6) is 0 Å². The molecule has 17 nitrogen and oxygen atoms in total. The number of hydrogen-bond donors (Lipinski definition) is 11. The molecule has 0 radical (unpaired) electrons. The number of carboxylic acid groups (broad SMARTS) is 1. The largest absolute Gasteiger partial charge is 0.481 e. The lowest BCUT2D eigenvalue weighted by Gasteiger charge is -2.58. The zero-order valence-corrected chi connectivity index (χ0v) is 32.5. The molecule has 6 aliphatic rings. The third-order valence-electron chi connectivity index (χ3n) is 14.9. The molecular weight excluding hydrogens is 740 g/mol. The molecule has 3 saturated carbocycles. The number of carbonyl (C=O) groups is 1. The van der Waals surface area contributed by atoms with Crippen LogP contribution in [0.2, 0.25) is 0 Å². The molecule has 6 fully saturated rings. The van der Waals surface area contributed by atoms with E-state index in [4.69, 9.17) is 23.7 Å². The number of hydrogen-bond acceptors (Lipinski definition) is 16. The highest BCUT2D eigenvalue weighted by Crippen LogP contribution is 2.65. The number of allylic oxidation sites excluding steroid dienone is 1. The van der Waals surface area contributed by atoms with E-state index < -0.39 is 129 Å². The van der Waals surface area contributed by atoms with Crippen LogP contribution in [0, 0.1) is 34.0 Å². The second kappa shape index (κ2) is 16.9. The van der Waals surface area contributed by atoms with Gasteiger partial charge in [0.05, 0.1) is 31.3 Å². The van der Waals surface area contributed by atoms with Crippen LogP contribution in [0.4, 0.5) is 0 Å². The van der Waals surface area contributed by atoms with Gasteiger partial charge in [-0.25, -0.2) is 0 Å². The van der Waals surface area contributed by atoms with Gasteiger partial charge in [0, 0.05) is 0 Å². The zero-order valence-electron chi connectivity index (χ0n) is 32.5. The van der Waals surface area contributed by atoms with Gasteiger partial charge in [-0.15, -0.1) is 0 Å². The molecular formula is C39H64O17. The van der Waals surface area contributed by atoms with E-state index >= 15 is 0 Å². The Labute approximate surface area is 326 Å². The number of aliphatic carboxylic acids is 1. The van der Waals surface area contributed by atoms with Gasteiger partial charge in [-0.05, 0) is 86.9 Å². The standard InChI is InChI=1S/C39H64O17/c1-17-12-18-6-7-24-38(3,9-5-10-39(24,4)36(50)51)19(18)8-11-37(17,2)13-20-32(55-34-30(48)28(46)25(43)21(14-40)53-34)33(27(45)23(16-42)52-20)56-35-31(49)29(47)26(44)22(15-41)54-35/h18-35,40-49H,1,5-16H2,2-4H3,(H,50,51)/t18?,19-,20?,21?,22?,23?,24?,25?,26?,27?,28?,29?,30?,31?,32?,33?,34?,35?,37?,38+,39-/m1/s1. The average molecular weight is 805 g/mol. The van der Waals surface area contributed by atoms with Gasteiger partial charge in [0.25, 0.3) is 0 Å². The third-order valence-corrected chi connectivity index (χ3v) is 14.9. The molecule has 21 atom stereocenters. The first kappa shape index (κ1) is 44.2. The molecule has 11 N–H and O–H groups in total. The highest BCUT2D eigenvalue weighted by atomic mass is 16.7. The summed E-state index contributed by atoms with van der Waals surface area (Å²) in [5.41, 5.74) is -0.749. The second-order valence-electron chi connectivity index (χ2n) is 18.2. The fourth-order valence-electron chi connectivity index (χ4n) is 11.4. The van der Waals surface area contributed by atoms with Gasteiger partial charge in [0.1, 0.15) is 73.2 Å². The molecule has 0 amide bonds. The molecule has 6 rings (SSSR count). The lowest BCUT2D eigenvalue weighted by atomic mass is 9.45. The Hall–Kier alpha value is -1.39. The highest BCUT2D eigenvalue weighted by molar-refractivity contribution is 5.75. The van der Waals surface area contributed by atoms with Crippen LogP contribution in [0.15, 0.2) is 12.2 Å². The summed E-state index contributed by atoms with van der Waals surface area (Å²) in [7, 11) is 0. The molecule has 0 aromatic carbocycles. The highest BCUT2D eigenvalue weighted by Gasteiger charge is 2.60. The lowest BCUT2D eigenvalue weighted by Crippen LogP contribution is -2.67. The average Bonchev–Trinajstić information content (AvgIpc) is 3.29. The molecule has 3 aliphatic heterocycles. The maximum Gasteiger partial charge on any atom is 0.309 e. The summed E-state index contributed by atoms with van der Waals surface area (Å²) < 4.78 is 30.1. The van der Waals surface area contributed by atoms with Crippen LogP contribution in [-0.2, 0) is 28.5 Å². The number of fused-ring (bicyclic) bond motifs is 3. The topological polar surface area (TPSA) is 286 Å².